The SMILES string of the molecule is NC1=NC2(CCCCC2)N(c2ccc(-c3ccccc3[N+](=O)[O-])cc2)C(N)=N1. The summed E-state index contributed by atoms with van der Waals surface area (Å²) in [6.45, 7) is 0. The van der Waals surface area contributed by atoms with Gasteiger partial charge >= 0.3 is 0 Å². The summed E-state index contributed by atoms with van der Waals surface area (Å²) in [5.74, 6) is 0.542. The lowest BCUT2D eigenvalue weighted by Crippen LogP contribution is -2.58. The first-order chi connectivity index (χ1) is 13.5. The Kier molecular flexibility index (Phi) is 4.46. The summed E-state index contributed by atoms with van der Waals surface area (Å²) in [4.78, 5) is 21.7. The summed E-state index contributed by atoms with van der Waals surface area (Å²) in [6.07, 6.45) is 4.98. The van der Waals surface area contributed by atoms with E-state index in [9.17, 15) is 10.1 Å². The maximum absolute atomic E-state index is 11.3. The van der Waals surface area contributed by atoms with Crippen molar-refractivity contribution in [3.63, 3.8) is 0 Å². The Labute approximate surface area is 162 Å². The lowest BCUT2D eigenvalue weighted by molar-refractivity contribution is -0.384. The molecule has 0 atom stereocenters. The van der Waals surface area contributed by atoms with Crippen molar-refractivity contribution in [3.05, 3.63) is 58.6 Å². The molecule has 2 aromatic carbocycles. The van der Waals surface area contributed by atoms with Crippen LogP contribution in [0.5, 0.6) is 0 Å². The maximum atomic E-state index is 11.3. The fraction of sp³-hybridized carbons (Fsp3) is 0.300. The van der Waals surface area contributed by atoms with Crippen LogP contribution in [0.1, 0.15) is 32.1 Å². The Morgan fingerprint density at radius 2 is 1.68 bits per heavy atom. The van der Waals surface area contributed by atoms with Crippen LogP contribution in [-0.4, -0.2) is 22.5 Å². The Balaban J connectivity index is 1.72. The fourth-order valence-electron chi connectivity index (χ4n) is 4.16. The summed E-state index contributed by atoms with van der Waals surface area (Å²) in [5.41, 5.74) is 13.9. The number of hydrogen-bond acceptors (Lipinski definition) is 7. The van der Waals surface area contributed by atoms with E-state index in [0.29, 0.717) is 11.5 Å². The van der Waals surface area contributed by atoms with E-state index in [2.05, 4.69) is 9.98 Å². The summed E-state index contributed by atoms with van der Waals surface area (Å²) in [7, 11) is 0. The molecule has 0 amide bonds. The highest BCUT2D eigenvalue weighted by Crippen LogP contribution is 2.40. The molecule has 0 saturated heterocycles. The van der Waals surface area contributed by atoms with Gasteiger partial charge in [-0.15, -0.1) is 0 Å². The van der Waals surface area contributed by atoms with E-state index in [1.165, 1.54) is 12.5 Å². The highest BCUT2D eigenvalue weighted by Gasteiger charge is 2.42. The van der Waals surface area contributed by atoms with Crippen LogP contribution < -0.4 is 16.4 Å². The second kappa shape index (κ2) is 6.95. The lowest BCUT2D eigenvalue weighted by atomic mass is 9.87. The molecule has 144 valence electrons. The molecule has 0 aromatic heterocycles. The van der Waals surface area contributed by atoms with Crippen molar-refractivity contribution in [2.75, 3.05) is 4.90 Å². The standard InChI is InChI=1S/C20H22N6O2/c21-18-23-19(22)25(20(24-18)12-4-1-5-13-20)15-10-8-14(9-11-15)16-6-2-3-7-17(16)26(27)28/h2-3,6-11H,1,4-5,12-13H2,(H4,21,22,23,24). The summed E-state index contributed by atoms with van der Waals surface area (Å²) >= 11 is 0. The number of aliphatic imine (C=N–C) groups is 2. The topological polar surface area (TPSA) is 123 Å². The number of guanidine groups is 2. The minimum absolute atomic E-state index is 0.0791. The third-order valence-electron chi connectivity index (χ3n) is 5.39. The van der Waals surface area contributed by atoms with Crippen molar-refractivity contribution in [2.45, 2.75) is 37.8 Å². The van der Waals surface area contributed by atoms with Gasteiger partial charge in [-0.25, -0.2) is 4.99 Å². The average molecular weight is 378 g/mol. The van der Waals surface area contributed by atoms with E-state index in [0.717, 1.165) is 36.9 Å². The minimum Gasteiger partial charge on any atom is -0.369 e. The molecule has 1 aliphatic heterocycles. The normalized spacial score (nSPS) is 18.5. The van der Waals surface area contributed by atoms with E-state index in [-0.39, 0.29) is 16.6 Å². The van der Waals surface area contributed by atoms with Crippen LogP contribution in [-0.2, 0) is 0 Å². The molecule has 1 heterocycles. The molecule has 0 radical (unpaired) electrons. The van der Waals surface area contributed by atoms with Crippen molar-refractivity contribution in [1.29, 1.82) is 0 Å². The van der Waals surface area contributed by atoms with Crippen LogP contribution in [0.4, 0.5) is 11.4 Å². The molecular weight excluding hydrogens is 356 g/mol. The van der Waals surface area contributed by atoms with Crippen LogP contribution in [0.3, 0.4) is 0 Å². The molecule has 1 spiro atoms. The molecule has 1 fully saturated rings. The summed E-state index contributed by atoms with van der Waals surface area (Å²) in [6, 6.07) is 14.2. The predicted octanol–water partition coefficient (Wildman–Crippen LogP) is 3.37. The molecule has 0 bridgehead atoms. The second-order valence-electron chi connectivity index (χ2n) is 7.14. The molecule has 4 N–H and O–H groups in total. The number of nitro groups is 1. The van der Waals surface area contributed by atoms with Crippen LogP contribution in [0, 0.1) is 10.1 Å². The first kappa shape index (κ1) is 18.0. The Morgan fingerprint density at radius 3 is 2.36 bits per heavy atom. The van der Waals surface area contributed by atoms with Gasteiger partial charge < -0.3 is 11.5 Å². The maximum Gasteiger partial charge on any atom is 0.277 e. The minimum atomic E-state index is -0.506. The zero-order chi connectivity index (χ0) is 19.7. The molecular formula is C20H22N6O2. The smallest absolute Gasteiger partial charge is 0.277 e. The van der Waals surface area contributed by atoms with Gasteiger partial charge in [-0.3, -0.25) is 15.0 Å². The van der Waals surface area contributed by atoms with Gasteiger partial charge in [0.15, 0.2) is 0 Å². The van der Waals surface area contributed by atoms with Crippen molar-refractivity contribution >= 4 is 23.3 Å². The number of benzene rings is 2. The van der Waals surface area contributed by atoms with Gasteiger partial charge in [-0.1, -0.05) is 30.7 Å². The van der Waals surface area contributed by atoms with Gasteiger partial charge in [-0.05, 0) is 49.4 Å². The van der Waals surface area contributed by atoms with E-state index < -0.39 is 5.66 Å². The second-order valence-corrected chi connectivity index (χ2v) is 7.14. The number of nitrogens with zero attached hydrogens (tertiary/aromatic N) is 4. The van der Waals surface area contributed by atoms with Crippen molar-refractivity contribution in [2.24, 2.45) is 21.5 Å². The van der Waals surface area contributed by atoms with Crippen LogP contribution >= 0.6 is 0 Å². The third-order valence-corrected chi connectivity index (χ3v) is 5.39. The molecule has 1 saturated carbocycles. The molecule has 1 aliphatic carbocycles. The average Bonchev–Trinajstić information content (AvgIpc) is 2.68. The largest absolute Gasteiger partial charge is 0.369 e. The van der Waals surface area contributed by atoms with Gasteiger partial charge in [0.2, 0.25) is 11.9 Å². The van der Waals surface area contributed by atoms with Crippen molar-refractivity contribution in [1.82, 2.24) is 0 Å². The highest BCUT2D eigenvalue weighted by atomic mass is 16.6. The highest BCUT2D eigenvalue weighted by molar-refractivity contribution is 6.05. The van der Waals surface area contributed by atoms with Crippen molar-refractivity contribution in [3.8, 4) is 11.1 Å². The van der Waals surface area contributed by atoms with Crippen LogP contribution in [0.15, 0.2) is 58.5 Å². The monoisotopic (exact) mass is 378 g/mol. The molecule has 2 aliphatic rings. The van der Waals surface area contributed by atoms with Crippen LogP contribution in [0.25, 0.3) is 11.1 Å². The fourth-order valence-corrected chi connectivity index (χ4v) is 4.16. The van der Waals surface area contributed by atoms with E-state index >= 15 is 0 Å². The molecule has 2 aromatic rings. The molecule has 0 unspecified atom stereocenters. The zero-order valence-electron chi connectivity index (χ0n) is 15.4. The lowest BCUT2D eigenvalue weighted by Gasteiger charge is -2.45. The third kappa shape index (κ3) is 3.06. The first-order valence-corrected chi connectivity index (χ1v) is 9.34. The van der Waals surface area contributed by atoms with E-state index in [1.54, 1.807) is 18.2 Å². The van der Waals surface area contributed by atoms with Gasteiger partial charge in [0.1, 0.15) is 5.66 Å². The van der Waals surface area contributed by atoms with Gasteiger partial charge in [0.25, 0.3) is 5.69 Å². The summed E-state index contributed by atoms with van der Waals surface area (Å²) < 4.78 is 0. The first-order valence-electron chi connectivity index (χ1n) is 9.34. The number of nitro benzene ring substituents is 1. The quantitative estimate of drug-likeness (QED) is 0.626. The zero-order valence-corrected chi connectivity index (χ0v) is 15.4. The number of para-hydroxylation sites is 1. The Bertz CT molecular complexity index is 961. The van der Waals surface area contributed by atoms with E-state index in [4.69, 9.17) is 11.5 Å². The van der Waals surface area contributed by atoms with E-state index in [1.807, 2.05) is 29.2 Å². The molecule has 28 heavy (non-hydrogen) atoms. The number of rotatable bonds is 3. The van der Waals surface area contributed by atoms with Gasteiger partial charge in [-0.2, -0.15) is 4.99 Å². The number of anilines is 1. The molecule has 4 rings (SSSR count). The number of hydrogen-bond donors (Lipinski definition) is 2. The van der Waals surface area contributed by atoms with Crippen molar-refractivity contribution < 1.29 is 4.92 Å². The molecule has 8 heteroatoms. The summed E-state index contributed by atoms with van der Waals surface area (Å²) in [5, 5.41) is 11.3. The van der Waals surface area contributed by atoms with Crippen LogP contribution in [0.2, 0.25) is 0 Å². The predicted molar refractivity (Wildman–Crippen MR) is 110 cm³/mol. The Hall–Kier alpha value is -3.42. The molecule has 8 nitrogen and oxygen atoms in total. The number of nitrogens with two attached hydrogens (primary N) is 2. The Morgan fingerprint density at radius 1 is 1.00 bits per heavy atom. The van der Waals surface area contributed by atoms with Gasteiger partial charge in [0, 0.05) is 11.8 Å². The van der Waals surface area contributed by atoms with Gasteiger partial charge in [0.05, 0.1) is 10.5 Å².